The van der Waals surface area contributed by atoms with E-state index in [0.717, 1.165) is 49.4 Å². The Morgan fingerprint density at radius 1 is 1.25 bits per heavy atom. The van der Waals surface area contributed by atoms with E-state index < -0.39 is 30.0 Å². The standard InChI is InChI=1S/C23H33F2N9O2/c1-31-6-7-33(18(35)13-31)11-14-2-4-32(5-3-14)20-16(25)9-27-10-17(20)29-23(36)19-21(26)30-34-12-15(24)8-28-22(19)34/h8,12,14,16-17,20,27H,2-7,9-11,13H2,1H3,(H2,26,30)(H,29,36). The second-order valence-electron chi connectivity index (χ2n) is 10.1. The van der Waals surface area contributed by atoms with Crippen molar-refractivity contribution < 1.29 is 18.4 Å². The number of carbonyl (C=O) groups is 2. The van der Waals surface area contributed by atoms with Crippen molar-refractivity contribution in [2.75, 3.05) is 65.1 Å². The van der Waals surface area contributed by atoms with Gasteiger partial charge in [-0.2, -0.15) is 0 Å². The van der Waals surface area contributed by atoms with Gasteiger partial charge in [0.25, 0.3) is 5.91 Å². The first-order valence-electron chi connectivity index (χ1n) is 12.5. The number of piperazine rings is 1. The lowest BCUT2D eigenvalue weighted by Gasteiger charge is -2.45. The molecule has 0 aliphatic carbocycles. The minimum Gasteiger partial charge on any atom is -0.381 e. The Kier molecular flexibility index (Phi) is 7.04. The molecule has 196 valence electrons. The van der Waals surface area contributed by atoms with Gasteiger partial charge in [-0.3, -0.25) is 19.4 Å². The molecule has 3 fully saturated rings. The number of anilines is 1. The lowest BCUT2D eigenvalue weighted by atomic mass is 9.90. The molecule has 2 aromatic heterocycles. The van der Waals surface area contributed by atoms with Crippen molar-refractivity contribution in [2.24, 2.45) is 5.92 Å². The maximum Gasteiger partial charge on any atom is 0.259 e. The molecular weight excluding hydrogens is 472 g/mol. The average Bonchev–Trinajstić information content (AvgIpc) is 3.16. The van der Waals surface area contributed by atoms with Gasteiger partial charge in [-0.25, -0.2) is 18.3 Å². The van der Waals surface area contributed by atoms with Crippen LogP contribution in [-0.4, -0.2) is 119 Å². The van der Waals surface area contributed by atoms with Crippen LogP contribution in [0.5, 0.6) is 0 Å². The van der Waals surface area contributed by atoms with E-state index >= 15 is 4.39 Å². The second-order valence-corrected chi connectivity index (χ2v) is 10.1. The number of nitrogen functional groups attached to an aromatic ring is 1. The lowest BCUT2D eigenvalue weighted by Crippen LogP contribution is -2.65. The highest BCUT2D eigenvalue weighted by Gasteiger charge is 2.40. The van der Waals surface area contributed by atoms with Crippen LogP contribution < -0.4 is 16.4 Å². The molecule has 13 heteroatoms. The molecule has 0 radical (unpaired) electrons. The fourth-order valence-electron chi connectivity index (χ4n) is 5.64. The van der Waals surface area contributed by atoms with E-state index in [0.29, 0.717) is 32.1 Å². The highest BCUT2D eigenvalue weighted by atomic mass is 19.1. The molecule has 3 saturated heterocycles. The van der Waals surface area contributed by atoms with Crippen LogP contribution in [0.15, 0.2) is 12.4 Å². The van der Waals surface area contributed by atoms with Crippen molar-refractivity contribution in [3.05, 3.63) is 23.8 Å². The molecule has 4 N–H and O–H groups in total. The molecular formula is C23H33F2N9O2. The number of carbonyl (C=O) groups excluding carboxylic acids is 2. The van der Waals surface area contributed by atoms with Crippen LogP contribution in [0.1, 0.15) is 23.2 Å². The maximum atomic E-state index is 15.2. The molecule has 3 unspecified atom stereocenters. The summed E-state index contributed by atoms with van der Waals surface area (Å²) in [6.07, 6.45) is 2.67. The smallest absolute Gasteiger partial charge is 0.259 e. The van der Waals surface area contributed by atoms with Gasteiger partial charge in [0.2, 0.25) is 5.91 Å². The molecule has 0 bridgehead atoms. The number of alkyl halides is 1. The highest BCUT2D eigenvalue weighted by molar-refractivity contribution is 6.04. The van der Waals surface area contributed by atoms with Crippen LogP contribution in [0.2, 0.25) is 0 Å². The van der Waals surface area contributed by atoms with Crippen molar-refractivity contribution in [1.29, 1.82) is 0 Å². The summed E-state index contributed by atoms with van der Waals surface area (Å²) in [5.41, 5.74) is 6.13. The number of hydrogen-bond donors (Lipinski definition) is 3. The third-order valence-electron chi connectivity index (χ3n) is 7.56. The zero-order valence-electron chi connectivity index (χ0n) is 20.4. The summed E-state index contributed by atoms with van der Waals surface area (Å²) in [6, 6.07) is -0.985. The summed E-state index contributed by atoms with van der Waals surface area (Å²) < 4.78 is 29.8. The van der Waals surface area contributed by atoms with Crippen LogP contribution in [0.3, 0.4) is 0 Å². The fraction of sp³-hybridized carbons (Fsp3) is 0.652. The number of halogens is 2. The van der Waals surface area contributed by atoms with Crippen molar-refractivity contribution in [2.45, 2.75) is 31.1 Å². The van der Waals surface area contributed by atoms with Crippen molar-refractivity contribution in [3.63, 3.8) is 0 Å². The van der Waals surface area contributed by atoms with Crippen molar-refractivity contribution >= 4 is 23.3 Å². The monoisotopic (exact) mass is 505 g/mol. The third-order valence-corrected chi connectivity index (χ3v) is 7.56. The predicted molar refractivity (Wildman–Crippen MR) is 129 cm³/mol. The van der Waals surface area contributed by atoms with Crippen LogP contribution in [-0.2, 0) is 4.79 Å². The van der Waals surface area contributed by atoms with E-state index in [-0.39, 0.29) is 29.5 Å². The van der Waals surface area contributed by atoms with Gasteiger partial charge >= 0.3 is 0 Å². The Morgan fingerprint density at radius 2 is 2.03 bits per heavy atom. The molecule has 5 heterocycles. The summed E-state index contributed by atoms with van der Waals surface area (Å²) in [5, 5.41) is 9.96. The molecule has 36 heavy (non-hydrogen) atoms. The molecule has 3 atom stereocenters. The fourth-order valence-corrected chi connectivity index (χ4v) is 5.64. The topological polar surface area (TPSA) is 124 Å². The van der Waals surface area contributed by atoms with Gasteiger partial charge in [-0.15, -0.1) is 5.10 Å². The Morgan fingerprint density at radius 3 is 2.78 bits per heavy atom. The zero-order valence-corrected chi connectivity index (χ0v) is 20.4. The minimum absolute atomic E-state index is 0.0466. The number of likely N-dealkylation sites (N-methyl/N-ethyl adjacent to an activating group) is 1. The Hall–Kier alpha value is -2.90. The molecule has 0 saturated carbocycles. The van der Waals surface area contributed by atoms with Gasteiger partial charge in [-0.1, -0.05) is 0 Å². The first kappa shape index (κ1) is 24.8. The van der Waals surface area contributed by atoms with E-state index in [4.69, 9.17) is 5.73 Å². The van der Waals surface area contributed by atoms with Gasteiger partial charge in [0.05, 0.1) is 31.0 Å². The predicted octanol–water partition coefficient (Wildman–Crippen LogP) is -0.655. The number of nitrogens with one attached hydrogen (secondary N) is 2. The molecule has 2 aromatic rings. The quantitative estimate of drug-likeness (QED) is 0.490. The number of likely N-dealkylation sites (tertiary alicyclic amines) is 1. The summed E-state index contributed by atoms with van der Waals surface area (Å²) in [6.45, 7) is 4.85. The summed E-state index contributed by atoms with van der Waals surface area (Å²) >= 11 is 0. The Balaban J connectivity index is 1.23. The molecule has 3 aliphatic heterocycles. The van der Waals surface area contributed by atoms with Crippen molar-refractivity contribution in [3.8, 4) is 0 Å². The lowest BCUT2D eigenvalue weighted by molar-refractivity contribution is -0.136. The third kappa shape index (κ3) is 5.00. The first-order valence-corrected chi connectivity index (χ1v) is 12.5. The zero-order chi connectivity index (χ0) is 25.4. The summed E-state index contributed by atoms with van der Waals surface area (Å²) in [5.74, 6) is -0.640. The normalized spacial score (nSPS) is 27.0. The van der Waals surface area contributed by atoms with Crippen LogP contribution in [0.25, 0.3) is 5.65 Å². The van der Waals surface area contributed by atoms with E-state index in [1.165, 1.54) is 0 Å². The number of hydrogen-bond acceptors (Lipinski definition) is 8. The molecule has 2 amide bonds. The number of piperidine rings is 2. The van der Waals surface area contributed by atoms with Crippen LogP contribution in [0, 0.1) is 11.7 Å². The molecule has 0 aromatic carbocycles. The van der Waals surface area contributed by atoms with Crippen LogP contribution >= 0.6 is 0 Å². The number of amides is 2. The number of nitrogens with zero attached hydrogens (tertiary/aromatic N) is 6. The molecule has 11 nitrogen and oxygen atoms in total. The first-order chi connectivity index (χ1) is 17.3. The van der Waals surface area contributed by atoms with E-state index in [1.807, 2.05) is 16.8 Å². The summed E-state index contributed by atoms with van der Waals surface area (Å²) in [4.78, 5) is 35.6. The van der Waals surface area contributed by atoms with Gasteiger partial charge < -0.3 is 21.3 Å². The van der Waals surface area contributed by atoms with Gasteiger partial charge in [0, 0.05) is 32.7 Å². The molecule has 5 rings (SSSR count). The largest absolute Gasteiger partial charge is 0.381 e. The van der Waals surface area contributed by atoms with Gasteiger partial charge in [-0.05, 0) is 38.9 Å². The minimum atomic E-state index is -1.16. The number of nitrogens with two attached hydrogens (primary N) is 1. The van der Waals surface area contributed by atoms with Gasteiger partial charge in [0.15, 0.2) is 17.3 Å². The van der Waals surface area contributed by atoms with E-state index in [9.17, 15) is 14.0 Å². The average molecular weight is 506 g/mol. The van der Waals surface area contributed by atoms with Crippen molar-refractivity contribution in [1.82, 2.24) is 39.9 Å². The maximum absolute atomic E-state index is 15.2. The Labute approximate surface area is 208 Å². The number of rotatable bonds is 5. The van der Waals surface area contributed by atoms with E-state index in [1.54, 1.807) is 0 Å². The molecule has 0 spiro atoms. The highest BCUT2D eigenvalue weighted by Crippen LogP contribution is 2.26. The Bertz CT molecular complexity index is 1120. The summed E-state index contributed by atoms with van der Waals surface area (Å²) in [7, 11) is 1.95. The number of fused-ring (bicyclic) bond motifs is 1. The number of aromatic nitrogens is 3. The van der Waals surface area contributed by atoms with Crippen LogP contribution in [0.4, 0.5) is 14.6 Å². The van der Waals surface area contributed by atoms with E-state index in [2.05, 4.69) is 25.6 Å². The SMILES string of the molecule is CN1CCN(CC2CCN(C3C(F)CNCC3NC(=O)c3c(N)nn4cc(F)cnc34)CC2)C(=O)C1. The molecule has 3 aliphatic rings. The van der Waals surface area contributed by atoms with Gasteiger partial charge in [0.1, 0.15) is 11.7 Å². The second kappa shape index (κ2) is 10.2.